The number of hydrogen-bond acceptors (Lipinski definition) is 12. The minimum absolute atomic E-state index is 0. The van der Waals surface area contributed by atoms with Gasteiger partial charge in [-0.1, -0.05) is 0 Å². The van der Waals surface area contributed by atoms with Crippen LogP contribution in [-0.2, 0) is 38.2 Å². The molecular weight excluding hydrogens is 480 g/mol. The van der Waals surface area contributed by atoms with E-state index in [0.717, 1.165) is 0 Å². The van der Waals surface area contributed by atoms with Gasteiger partial charge in [0.05, 0.1) is 0 Å². The number of aliphatic hydroxyl groups excluding tert-OH is 4. The van der Waals surface area contributed by atoms with Crippen molar-refractivity contribution in [3.63, 3.8) is 0 Å². The summed E-state index contributed by atoms with van der Waals surface area (Å²) in [4.78, 5) is 65.7. The summed E-state index contributed by atoms with van der Waals surface area (Å²) in [5.74, 6) is -12.9. The van der Waals surface area contributed by atoms with E-state index in [1.807, 2.05) is 0 Å². The molecule has 0 bridgehead atoms. The fourth-order valence-corrected chi connectivity index (χ4v) is 1.41. The molecule has 0 aromatic heterocycles. The molecule has 0 radical (unpaired) electrons. The molecule has 16 nitrogen and oxygen atoms in total. The zero-order valence-corrected chi connectivity index (χ0v) is 19.1. The number of carbonyl (C=O) groups is 6. The van der Waals surface area contributed by atoms with Crippen LogP contribution in [0.15, 0.2) is 0 Å². The quantitative estimate of drug-likeness (QED) is 0.0972. The van der Waals surface area contributed by atoms with Gasteiger partial charge in [0.15, 0.2) is 24.4 Å². The van der Waals surface area contributed by atoms with Gasteiger partial charge in [0.2, 0.25) is 12.2 Å². The molecule has 0 aromatic rings. The topological polar surface area (TPSA) is 283 Å². The standard InChI is InChI=1S/C12H14O16.2Ca.4H/c13-1(11(25)27-5(9(21)22)3(15)7(17)18)2(14)12(26)28-6(10(23)24)4(16)8(19)20;;;;;;/h1-6,13-16H,(H,17,18)(H,19,20)(H,21,22)(H,23,24);;;;;;/q;2*+2;4*-1. The number of aliphatic carboxylic acids is 4. The third-order valence-corrected chi connectivity index (χ3v) is 2.83. The molecule has 0 aliphatic rings. The van der Waals surface area contributed by atoms with Gasteiger partial charge in [-0.05, 0) is 0 Å². The van der Waals surface area contributed by atoms with Crippen molar-refractivity contribution >= 4 is 111 Å². The Hall–Kier alpha value is -0.821. The first-order valence-corrected chi connectivity index (χ1v) is 6.76. The van der Waals surface area contributed by atoms with E-state index in [1.54, 1.807) is 0 Å². The Morgan fingerprint density at radius 1 is 0.500 bits per heavy atom. The maximum Gasteiger partial charge on any atom is 2.00 e. The van der Waals surface area contributed by atoms with E-state index in [2.05, 4.69) is 9.47 Å². The van der Waals surface area contributed by atoms with E-state index in [1.165, 1.54) is 0 Å². The molecule has 0 rings (SSSR count). The third kappa shape index (κ3) is 9.99. The first-order valence-electron chi connectivity index (χ1n) is 6.76. The molecule has 0 fully saturated rings. The Labute approximate surface area is 230 Å². The Kier molecular flexibility index (Phi) is 17.0. The molecule has 6 atom stereocenters. The minimum atomic E-state index is -2.97. The SMILES string of the molecule is O=C(OC(C(=O)O)C(O)C(=O)O)C(O)C(O)C(=O)OC(C(=O)O)C(O)C(=O)O.[Ca+2].[Ca+2].[H-].[H-].[H-].[H-]. The maximum atomic E-state index is 11.5. The number of hydrogen-bond donors (Lipinski definition) is 8. The van der Waals surface area contributed by atoms with E-state index in [0.29, 0.717) is 0 Å². The first kappa shape index (κ1) is 33.8. The van der Waals surface area contributed by atoms with Crippen LogP contribution in [0.3, 0.4) is 0 Å². The molecule has 0 spiro atoms. The average molecular weight is 498 g/mol. The minimum Gasteiger partial charge on any atom is -1.00 e. The smallest absolute Gasteiger partial charge is 1.00 e. The van der Waals surface area contributed by atoms with Crippen LogP contribution in [0.1, 0.15) is 5.71 Å². The van der Waals surface area contributed by atoms with Gasteiger partial charge < -0.3 is 56.0 Å². The van der Waals surface area contributed by atoms with Crippen molar-refractivity contribution in [2.75, 3.05) is 0 Å². The van der Waals surface area contributed by atoms with Crippen LogP contribution in [0.4, 0.5) is 0 Å². The predicted molar refractivity (Wildman–Crippen MR) is 90.3 cm³/mol. The molecule has 0 heterocycles. The van der Waals surface area contributed by atoms with E-state index in [-0.39, 0.29) is 81.2 Å². The van der Waals surface area contributed by atoms with Crippen molar-refractivity contribution in [3.8, 4) is 0 Å². The summed E-state index contributed by atoms with van der Waals surface area (Å²) >= 11 is 0. The number of ether oxygens (including phenoxy) is 2. The van der Waals surface area contributed by atoms with Crippen LogP contribution in [-0.4, -0.2) is 189 Å². The van der Waals surface area contributed by atoms with Gasteiger partial charge in [-0.2, -0.15) is 0 Å². The zero-order valence-electron chi connectivity index (χ0n) is 18.7. The number of aliphatic hydroxyl groups is 4. The molecule has 0 saturated carbocycles. The Morgan fingerprint density at radius 3 is 0.900 bits per heavy atom. The van der Waals surface area contributed by atoms with Gasteiger partial charge >= 0.3 is 111 Å². The maximum absolute atomic E-state index is 11.5. The fraction of sp³-hybridized carbons (Fsp3) is 0.500. The molecular formula is C12H18Ca2O16. The second-order valence-corrected chi connectivity index (χ2v) is 4.85. The summed E-state index contributed by atoms with van der Waals surface area (Å²) < 4.78 is 7.92. The molecule has 0 saturated heterocycles. The normalized spacial score (nSPS) is 16.0. The molecule has 6 unspecified atom stereocenters. The van der Waals surface area contributed by atoms with Gasteiger partial charge in [-0.15, -0.1) is 0 Å². The van der Waals surface area contributed by atoms with Crippen molar-refractivity contribution in [1.82, 2.24) is 0 Å². The van der Waals surface area contributed by atoms with E-state index >= 15 is 0 Å². The van der Waals surface area contributed by atoms with Crippen LogP contribution < -0.4 is 0 Å². The monoisotopic (exact) mass is 498 g/mol. The summed E-state index contributed by atoms with van der Waals surface area (Å²) in [5, 5.41) is 71.4. The predicted octanol–water partition coefficient (Wildman–Crippen LogP) is -5.72. The van der Waals surface area contributed by atoms with Crippen molar-refractivity contribution in [3.05, 3.63) is 0 Å². The Bertz CT molecular complexity index is 626. The summed E-state index contributed by atoms with van der Waals surface area (Å²) in [6, 6.07) is 0. The Morgan fingerprint density at radius 2 is 0.733 bits per heavy atom. The number of rotatable bonds is 11. The summed E-state index contributed by atoms with van der Waals surface area (Å²) in [7, 11) is 0. The molecule has 166 valence electrons. The van der Waals surface area contributed by atoms with Crippen LogP contribution in [0, 0.1) is 0 Å². The fourth-order valence-electron chi connectivity index (χ4n) is 1.41. The Balaban J connectivity index is -0.000000243. The number of carboxylic acids is 4. The zero-order chi connectivity index (χ0) is 22.3. The van der Waals surface area contributed by atoms with Crippen molar-refractivity contribution in [1.29, 1.82) is 0 Å². The van der Waals surface area contributed by atoms with Gasteiger partial charge in [0.25, 0.3) is 0 Å². The summed E-state index contributed by atoms with van der Waals surface area (Å²) in [6.45, 7) is 0. The third-order valence-electron chi connectivity index (χ3n) is 2.83. The molecule has 8 N–H and O–H groups in total. The molecule has 0 aliphatic heterocycles. The van der Waals surface area contributed by atoms with Gasteiger partial charge in [0.1, 0.15) is 0 Å². The van der Waals surface area contributed by atoms with Crippen LogP contribution in [0.2, 0.25) is 0 Å². The summed E-state index contributed by atoms with van der Waals surface area (Å²) in [5.41, 5.74) is 0. The molecule has 0 amide bonds. The van der Waals surface area contributed by atoms with Crippen LogP contribution in [0.25, 0.3) is 0 Å². The second-order valence-electron chi connectivity index (χ2n) is 4.85. The molecule has 0 aliphatic carbocycles. The largest absolute Gasteiger partial charge is 2.00 e. The molecule has 18 heteroatoms. The van der Waals surface area contributed by atoms with Gasteiger partial charge in [0, 0.05) is 0 Å². The number of carbonyl (C=O) groups excluding carboxylic acids is 2. The van der Waals surface area contributed by atoms with Gasteiger partial charge in [-0.3, -0.25) is 0 Å². The van der Waals surface area contributed by atoms with Crippen LogP contribution in [0.5, 0.6) is 0 Å². The van der Waals surface area contributed by atoms with Crippen LogP contribution >= 0.6 is 0 Å². The number of carboxylic acid groups (broad SMARTS) is 4. The van der Waals surface area contributed by atoms with Gasteiger partial charge in [-0.25, -0.2) is 28.8 Å². The second kappa shape index (κ2) is 15.1. The molecule has 30 heavy (non-hydrogen) atoms. The molecule has 0 aromatic carbocycles. The van der Waals surface area contributed by atoms with Crippen molar-refractivity contribution in [2.45, 2.75) is 36.6 Å². The first-order chi connectivity index (χ1) is 12.7. The van der Waals surface area contributed by atoms with E-state index in [4.69, 9.17) is 30.6 Å². The number of esters is 2. The van der Waals surface area contributed by atoms with Crippen molar-refractivity contribution < 1.29 is 84.8 Å². The average Bonchev–Trinajstić information content (AvgIpc) is 2.60. The summed E-state index contributed by atoms with van der Waals surface area (Å²) in [6.07, 6.45) is -17.0. The van der Waals surface area contributed by atoms with E-state index < -0.39 is 72.4 Å². The van der Waals surface area contributed by atoms with E-state index in [9.17, 15) is 39.0 Å². The van der Waals surface area contributed by atoms with Crippen molar-refractivity contribution in [2.24, 2.45) is 0 Å².